The van der Waals surface area contributed by atoms with E-state index in [1.165, 1.54) is 6.92 Å². The van der Waals surface area contributed by atoms with Crippen LogP contribution >= 0.6 is 11.6 Å². The fourth-order valence-electron chi connectivity index (χ4n) is 1.96. The van der Waals surface area contributed by atoms with E-state index in [9.17, 15) is 9.90 Å². The van der Waals surface area contributed by atoms with Gasteiger partial charge in [0, 0.05) is 30.4 Å². The van der Waals surface area contributed by atoms with E-state index in [0.717, 1.165) is 16.9 Å². The lowest BCUT2D eigenvalue weighted by Gasteiger charge is -2.12. The van der Waals surface area contributed by atoms with Gasteiger partial charge in [-0.2, -0.15) is 0 Å². The van der Waals surface area contributed by atoms with Gasteiger partial charge in [0.05, 0.1) is 5.02 Å². The molecular formula is C16H17ClN2O2. The normalized spacial score (nSPS) is 10.2. The molecule has 0 radical (unpaired) electrons. The van der Waals surface area contributed by atoms with Crippen molar-refractivity contribution in [3.8, 4) is 5.75 Å². The first-order valence-corrected chi connectivity index (χ1v) is 6.93. The lowest BCUT2D eigenvalue weighted by Crippen LogP contribution is -2.08. The molecule has 3 N–H and O–H groups in total. The molecule has 21 heavy (non-hydrogen) atoms. The summed E-state index contributed by atoms with van der Waals surface area (Å²) in [7, 11) is 0. The molecule has 1 amide bonds. The number of carbonyl (C=O) groups excluding carboxylic acids is 1. The van der Waals surface area contributed by atoms with Crippen molar-refractivity contribution in [3.05, 3.63) is 52.5 Å². The van der Waals surface area contributed by atoms with Crippen LogP contribution in [0.4, 0.5) is 11.4 Å². The molecule has 110 valence electrons. The van der Waals surface area contributed by atoms with Crippen molar-refractivity contribution >= 4 is 28.9 Å². The fourth-order valence-corrected chi connectivity index (χ4v) is 2.15. The second-order valence-electron chi connectivity index (χ2n) is 4.81. The second kappa shape index (κ2) is 6.50. The van der Waals surface area contributed by atoms with Crippen LogP contribution in [0.15, 0.2) is 36.4 Å². The van der Waals surface area contributed by atoms with Crippen molar-refractivity contribution in [2.75, 3.05) is 10.6 Å². The standard InChI is InChI=1S/C16H17ClN2O2/c1-10-6-7-13(8-15(10)19-11(2)20)18-9-12-4-3-5-14(17)16(12)21/h3-8,18,21H,9H2,1-2H3,(H,19,20). The smallest absolute Gasteiger partial charge is 0.221 e. The second-order valence-corrected chi connectivity index (χ2v) is 5.22. The zero-order valence-corrected chi connectivity index (χ0v) is 12.7. The summed E-state index contributed by atoms with van der Waals surface area (Å²) in [5.74, 6) is -0.0244. The summed E-state index contributed by atoms with van der Waals surface area (Å²) in [6.45, 7) is 3.84. The van der Waals surface area contributed by atoms with Crippen molar-refractivity contribution < 1.29 is 9.90 Å². The van der Waals surface area contributed by atoms with Crippen molar-refractivity contribution in [1.29, 1.82) is 0 Å². The van der Waals surface area contributed by atoms with Crippen molar-refractivity contribution in [3.63, 3.8) is 0 Å². The zero-order chi connectivity index (χ0) is 15.4. The Balaban J connectivity index is 2.13. The van der Waals surface area contributed by atoms with E-state index in [4.69, 9.17) is 11.6 Å². The van der Waals surface area contributed by atoms with E-state index in [1.807, 2.05) is 25.1 Å². The number of benzene rings is 2. The number of hydrogen-bond acceptors (Lipinski definition) is 3. The van der Waals surface area contributed by atoms with E-state index in [0.29, 0.717) is 17.1 Å². The average Bonchev–Trinajstić information content (AvgIpc) is 2.43. The van der Waals surface area contributed by atoms with Gasteiger partial charge < -0.3 is 15.7 Å². The minimum Gasteiger partial charge on any atom is -0.506 e. The minimum atomic E-state index is -0.109. The average molecular weight is 305 g/mol. The molecule has 4 nitrogen and oxygen atoms in total. The van der Waals surface area contributed by atoms with E-state index in [2.05, 4.69) is 10.6 Å². The lowest BCUT2D eigenvalue weighted by molar-refractivity contribution is -0.114. The zero-order valence-electron chi connectivity index (χ0n) is 11.9. The molecule has 0 spiro atoms. The van der Waals surface area contributed by atoms with Gasteiger partial charge >= 0.3 is 0 Å². The van der Waals surface area contributed by atoms with Gasteiger partial charge in [-0.3, -0.25) is 4.79 Å². The summed E-state index contributed by atoms with van der Waals surface area (Å²) in [6.07, 6.45) is 0. The van der Waals surface area contributed by atoms with Crippen molar-refractivity contribution in [1.82, 2.24) is 0 Å². The van der Waals surface area contributed by atoms with Crippen LogP contribution in [0.1, 0.15) is 18.1 Å². The number of aromatic hydroxyl groups is 1. The highest BCUT2D eigenvalue weighted by Gasteiger charge is 2.06. The minimum absolute atomic E-state index is 0.0841. The number of anilines is 2. The molecule has 0 aromatic heterocycles. The molecule has 0 bridgehead atoms. The van der Waals surface area contributed by atoms with E-state index in [-0.39, 0.29) is 11.7 Å². The van der Waals surface area contributed by atoms with Gasteiger partial charge in [0.1, 0.15) is 5.75 Å². The molecule has 0 heterocycles. The molecule has 2 aromatic carbocycles. The molecule has 0 atom stereocenters. The Kier molecular flexibility index (Phi) is 4.70. The lowest BCUT2D eigenvalue weighted by atomic mass is 10.1. The topological polar surface area (TPSA) is 61.4 Å². The predicted molar refractivity (Wildman–Crippen MR) is 85.9 cm³/mol. The Morgan fingerprint density at radius 3 is 2.76 bits per heavy atom. The highest BCUT2D eigenvalue weighted by molar-refractivity contribution is 6.32. The molecule has 0 fully saturated rings. The summed E-state index contributed by atoms with van der Waals surface area (Å²) < 4.78 is 0. The summed E-state index contributed by atoms with van der Waals surface area (Å²) in [5.41, 5.74) is 3.32. The Hall–Kier alpha value is -2.20. The summed E-state index contributed by atoms with van der Waals surface area (Å²) in [4.78, 5) is 11.2. The summed E-state index contributed by atoms with van der Waals surface area (Å²) in [5, 5.41) is 16.2. The molecule has 5 heteroatoms. The van der Waals surface area contributed by atoms with Crippen LogP contribution in [0.25, 0.3) is 0 Å². The SMILES string of the molecule is CC(=O)Nc1cc(NCc2cccc(Cl)c2O)ccc1C. The van der Waals surface area contributed by atoms with Gasteiger partial charge in [0.25, 0.3) is 0 Å². The first-order chi connectivity index (χ1) is 9.97. The molecule has 0 aliphatic carbocycles. The predicted octanol–water partition coefficient (Wildman–Crippen LogP) is 3.92. The van der Waals surface area contributed by atoms with E-state index >= 15 is 0 Å². The monoisotopic (exact) mass is 304 g/mol. The van der Waals surface area contributed by atoms with Crippen LogP contribution in [0.5, 0.6) is 5.75 Å². The number of halogens is 1. The number of rotatable bonds is 4. The van der Waals surface area contributed by atoms with Crippen LogP contribution in [-0.4, -0.2) is 11.0 Å². The fraction of sp³-hybridized carbons (Fsp3) is 0.188. The number of hydrogen-bond donors (Lipinski definition) is 3. The summed E-state index contributed by atoms with van der Waals surface area (Å²) in [6, 6.07) is 10.9. The molecule has 0 saturated carbocycles. The Bertz CT molecular complexity index is 671. The maximum absolute atomic E-state index is 11.2. The third kappa shape index (κ3) is 3.89. The molecule has 0 unspecified atom stereocenters. The maximum Gasteiger partial charge on any atom is 0.221 e. The van der Waals surface area contributed by atoms with Crippen LogP contribution < -0.4 is 10.6 Å². The first-order valence-electron chi connectivity index (χ1n) is 6.56. The highest BCUT2D eigenvalue weighted by atomic mass is 35.5. The summed E-state index contributed by atoms with van der Waals surface area (Å²) >= 11 is 5.87. The van der Waals surface area contributed by atoms with Gasteiger partial charge in [-0.15, -0.1) is 0 Å². The molecular weight excluding hydrogens is 288 g/mol. The Labute approximate surface area is 128 Å². The van der Waals surface area contributed by atoms with Crippen LogP contribution in [-0.2, 0) is 11.3 Å². The van der Waals surface area contributed by atoms with Crippen LogP contribution in [0, 0.1) is 6.92 Å². The van der Waals surface area contributed by atoms with Gasteiger partial charge in [-0.1, -0.05) is 29.8 Å². The molecule has 2 aromatic rings. The highest BCUT2D eigenvalue weighted by Crippen LogP contribution is 2.28. The van der Waals surface area contributed by atoms with Crippen LogP contribution in [0.3, 0.4) is 0 Å². The van der Waals surface area contributed by atoms with Crippen molar-refractivity contribution in [2.24, 2.45) is 0 Å². The first kappa shape index (κ1) is 15.2. The van der Waals surface area contributed by atoms with Crippen molar-refractivity contribution in [2.45, 2.75) is 20.4 Å². The van der Waals surface area contributed by atoms with Gasteiger partial charge in [-0.05, 0) is 30.7 Å². The van der Waals surface area contributed by atoms with E-state index < -0.39 is 0 Å². The molecule has 2 rings (SSSR count). The number of aryl methyl sites for hydroxylation is 1. The third-order valence-corrected chi connectivity index (χ3v) is 3.41. The number of amides is 1. The van der Waals surface area contributed by atoms with Gasteiger partial charge in [0.15, 0.2) is 0 Å². The Morgan fingerprint density at radius 2 is 2.05 bits per heavy atom. The quantitative estimate of drug-likeness (QED) is 0.802. The molecule has 0 aliphatic rings. The number of nitrogens with one attached hydrogen (secondary N) is 2. The molecule has 0 saturated heterocycles. The third-order valence-electron chi connectivity index (χ3n) is 3.10. The van der Waals surface area contributed by atoms with E-state index in [1.54, 1.807) is 18.2 Å². The Morgan fingerprint density at radius 1 is 1.29 bits per heavy atom. The largest absolute Gasteiger partial charge is 0.506 e. The van der Waals surface area contributed by atoms with Gasteiger partial charge in [-0.25, -0.2) is 0 Å². The number of phenolic OH excluding ortho intramolecular Hbond substituents is 1. The number of phenols is 1. The number of carbonyl (C=O) groups is 1. The van der Waals surface area contributed by atoms with Gasteiger partial charge in [0.2, 0.25) is 5.91 Å². The molecule has 0 aliphatic heterocycles. The maximum atomic E-state index is 11.2. The number of para-hydroxylation sites is 1. The van der Waals surface area contributed by atoms with Crippen LogP contribution in [0.2, 0.25) is 5.02 Å².